The maximum atomic E-state index is 11.5. The number of aliphatic imine (C=N–C) groups is 1. The molecule has 1 aliphatic heterocycles. The maximum absolute atomic E-state index is 11.5. The van der Waals surface area contributed by atoms with Crippen LogP contribution in [0.4, 0.5) is 5.69 Å². The SMILES string of the molecule is CC(C)c1cccc(NC(N)=NCCCN2CCCC2=O)c1.I. The van der Waals surface area contributed by atoms with E-state index >= 15 is 0 Å². The molecule has 0 aromatic heterocycles. The quantitative estimate of drug-likeness (QED) is 0.315. The van der Waals surface area contributed by atoms with Crippen molar-refractivity contribution in [3.05, 3.63) is 29.8 Å². The van der Waals surface area contributed by atoms with Crippen LogP contribution in [0.5, 0.6) is 0 Å². The van der Waals surface area contributed by atoms with E-state index in [-0.39, 0.29) is 29.9 Å². The molecule has 2 rings (SSSR count). The zero-order valence-electron chi connectivity index (χ0n) is 13.9. The highest BCUT2D eigenvalue weighted by molar-refractivity contribution is 14.0. The molecule has 0 atom stereocenters. The summed E-state index contributed by atoms with van der Waals surface area (Å²) in [5.74, 6) is 1.17. The minimum absolute atomic E-state index is 0. The van der Waals surface area contributed by atoms with Crippen LogP contribution in [0.2, 0.25) is 0 Å². The minimum atomic E-state index is 0. The van der Waals surface area contributed by atoms with Crippen molar-refractivity contribution in [2.24, 2.45) is 10.7 Å². The van der Waals surface area contributed by atoms with Gasteiger partial charge in [-0.1, -0.05) is 26.0 Å². The highest BCUT2D eigenvalue weighted by Crippen LogP contribution is 2.18. The third-order valence-corrected chi connectivity index (χ3v) is 3.87. The van der Waals surface area contributed by atoms with Crippen molar-refractivity contribution in [1.29, 1.82) is 0 Å². The molecule has 1 aromatic rings. The number of hydrogen-bond acceptors (Lipinski definition) is 2. The average molecular weight is 430 g/mol. The predicted octanol–water partition coefficient (Wildman–Crippen LogP) is 3.17. The van der Waals surface area contributed by atoms with Gasteiger partial charge in [-0.3, -0.25) is 9.79 Å². The van der Waals surface area contributed by atoms with Crippen molar-refractivity contribution in [2.45, 2.75) is 39.0 Å². The van der Waals surface area contributed by atoms with Crippen molar-refractivity contribution < 1.29 is 4.79 Å². The smallest absolute Gasteiger partial charge is 0.222 e. The summed E-state index contributed by atoms with van der Waals surface area (Å²) >= 11 is 0. The molecule has 0 unspecified atom stereocenters. The van der Waals surface area contributed by atoms with E-state index in [0.29, 0.717) is 24.8 Å². The number of nitrogens with zero attached hydrogens (tertiary/aromatic N) is 2. The average Bonchev–Trinajstić information content (AvgIpc) is 2.89. The number of halogens is 1. The first kappa shape index (κ1) is 19.7. The molecule has 3 N–H and O–H groups in total. The topological polar surface area (TPSA) is 70.7 Å². The fraction of sp³-hybridized carbons (Fsp3) is 0.529. The number of amides is 1. The first-order chi connectivity index (χ1) is 10.6. The number of nitrogens with two attached hydrogens (primary N) is 1. The predicted molar refractivity (Wildman–Crippen MR) is 106 cm³/mol. The number of rotatable bonds is 6. The fourth-order valence-electron chi connectivity index (χ4n) is 2.56. The van der Waals surface area contributed by atoms with Crippen LogP contribution >= 0.6 is 24.0 Å². The summed E-state index contributed by atoms with van der Waals surface area (Å²) in [6.07, 6.45) is 2.53. The van der Waals surface area contributed by atoms with Gasteiger partial charge in [0, 0.05) is 31.7 Å². The lowest BCUT2D eigenvalue weighted by molar-refractivity contribution is -0.127. The molecule has 0 bridgehead atoms. The first-order valence-electron chi connectivity index (χ1n) is 8.01. The van der Waals surface area contributed by atoms with E-state index in [1.165, 1.54) is 5.56 Å². The van der Waals surface area contributed by atoms with Gasteiger partial charge in [-0.2, -0.15) is 0 Å². The molecule has 23 heavy (non-hydrogen) atoms. The van der Waals surface area contributed by atoms with Crippen molar-refractivity contribution in [2.75, 3.05) is 25.0 Å². The maximum Gasteiger partial charge on any atom is 0.222 e. The van der Waals surface area contributed by atoms with Gasteiger partial charge in [0.15, 0.2) is 5.96 Å². The van der Waals surface area contributed by atoms with Gasteiger partial charge < -0.3 is 16.0 Å². The fourth-order valence-corrected chi connectivity index (χ4v) is 2.56. The Morgan fingerprint density at radius 1 is 1.43 bits per heavy atom. The summed E-state index contributed by atoms with van der Waals surface area (Å²) in [6, 6.07) is 8.20. The molecule has 6 heteroatoms. The number of carbonyl (C=O) groups excluding carboxylic acids is 1. The Morgan fingerprint density at radius 2 is 2.22 bits per heavy atom. The molecular formula is C17H27IN4O. The zero-order valence-corrected chi connectivity index (χ0v) is 16.2. The lowest BCUT2D eigenvalue weighted by Crippen LogP contribution is -2.27. The Kier molecular flexibility index (Phi) is 8.36. The van der Waals surface area contributed by atoms with E-state index < -0.39 is 0 Å². The summed E-state index contributed by atoms with van der Waals surface area (Å²) in [4.78, 5) is 17.7. The van der Waals surface area contributed by atoms with E-state index in [0.717, 1.165) is 31.6 Å². The Bertz CT molecular complexity index is 545. The molecule has 0 aliphatic carbocycles. The Morgan fingerprint density at radius 3 is 2.87 bits per heavy atom. The summed E-state index contributed by atoms with van der Waals surface area (Å²) in [5.41, 5.74) is 8.14. The molecule has 0 saturated carbocycles. The molecule has 5 nitrogen and oxygen atoms in total. The van der Waals surface area contributed by atoms with Crippen LogP contribution in [0.15, 0.2) is 29.3 Å². The van der Waals surface area contributed by atoms with Gasteiger partial charge in [-0.15, -0.1) is 24.0 Å². The molecular weight excluding hydrogens is 403 g/mol. The Hall–Kier alpha value is -1.31. The molecule has 1 fully saturated rings. The number of benzene rings is 1. The number of anilines is 1. The molecule has 1 aliphatic rings. The molecule has 1 saturated heterocycles. The second-order valence-corrected chi connectivity index (χ2v) is 6.01. The first-order valence-corrected chi connectivity index (χ1v) is 8.01. The lowest BCUT2D eigenvalue weighted by Gasteiger charge is -2.14. The largest absolute Gasteiger partial charge is 0.370 e. The van der Waals surface area contributed by atoms with Crippen LogP contribution in [-0.2, 0) is 4.79 Å². The number of guanidine groups is 1. The third kappa shape index (κ3) is 6.37. The van der Waals surface area contributed by atoms with E-state index in [1.54, 1.807) is 0 Å². The van der Waals surface area contributed by atoms with Crippen LogP contribution in [0.1, 0.15) is 44.6 Å². The summed E-state index contributed by atoms with van der Waals surface area (Å²) in [7, 11) is 0. The van der Waals surface area contributed by atoms with Crippen molar-refractivity contribution in [1.82, 2.24) is 4.90 Å². The molecule has 128 valence electrons. The normalized spacial score (nSPS) is 15.0. The number of carbonyl (C=O) groups is 1. The van der Waals surface area contributed by atoms with Crippen LogP contribution in [-0.4, -0.2) is 36.4 Å². The van der Waals surface area contributed by atoms with Gasteiger partial charge in [0.2, 0.25) is 5.91 Å². The van der Waals surface area contributed by atoms with Gasteiger partial charge in [0.25, 0.3) is 0 Å². The van der Waals surface area contributed by atoms with E-state index in [2.05, 4.69) is 36.3 Å². The second kappa shape index (κ2) is 9.75. The molecule has 1 heterocycles. The number of likely N-dealkylation sites (tertiary alicyclic amines) is 1. The van der Waals surface area contributed by atoms with E-state index in [9.17, 15) is 4.79 Å². The Labute approximate surface area is 155 Å². The molecule has 1 aromatic carbocycles. The molecule has 0 radical (unpaired) electrons. The number of nitrogens with one attached hydrogen (secondary N) is 1. The van der Waals surface area contributed by atoms with Crippen molar-refractivity contribution >= 4 is 41.5 Å². The van der Waals surface area contributed by atoms with Crippen LogP contribution < -0.4 is 11.1 Å². The monoisotopic (exact) mass is 430 g/mol. The van der Waals surface area contributed by atoms with E-state index in [4.69, 9.17) is 5.73 Å². The lowest BCUT2D eigenvalue weighted by atomic mass is 10.0. The summed E-state index contributed by atoms with van der Waals surface area (Å²) < 4.78 is 0. The van der Waals surface area contributed by atoms with Gasteiger partial charge in [-0.05, 0) is 36.5 Å². The standard InChI is InChI=1S/C17H26N4O.HI/c1-13(2)14-6-3-7-15(12-14)20-17(18)19-9-5-11-21-10-4-8-16(21)22;/h3,6-7,12-13H,4-5,8-11H2,1-2H3,(H3,18,19,20);1H. The van der Waals surface area contributed by atoms with Crippen molar-refractivity contribution in [3.63, 3.8) is 0 Å². The van der Waals surface area contributed by atoms with E-state index in [1.807, 2.05) is 17.0 Å². The van der Waals surface area contributed by atoms with Gasteiger partial charge in [0.1, 0.15) is 0 Å². The highest BCUT2D eigenvalue weighted by atomic mass is 127. The zero-order chi connectivity index (χ0) is 15.9. The van der Waals surface area contributed by atoms with Gasteiger partial charge >= 0.3 is 0 Å². The molecule has 1 amide bonds. The van der Waals surface area contributed by atoms with Gasteiger partial charge in [-0.25, -0.2) is 0 Å². The minimum Gasteiger partial charge on any atom is -0.370 e. The Balaban J connectivity index is 0.00000264. The highest BCUT2D eigenvalue weighted by Gasteiger charge is 2.18. The van der Waals surface area contributed by atoms with Crippen LogP contribution in [0.25, 0.3) is 0 Å². The number of hydrogen-bond donors (Lipinski definition) is 2. The summed E-state index contributed by atoms with van der Waals surface area (Å²) in [6.45, 7) is 6.62. The second-order valence-electron chi connectivity index (χ2n) is 6.01. The summed E-state index contributed by atoms with van der Waals surface area (Å²) in [5, 5.41) is 3.12. The van der Waals surface area contributed by atoms with Crippen LogP contribution in [0, 0.1) is 0 Å². The van der Waals surface area contributed by atoms with Gasteiger partial charge in [0.05, 0.1) is 0 Å². The van der Waals surface area contributed by atoms with Crippen molar-refractivity contribution in [3.8, 4) is 0 Å². The third-order valence-electron chi connectivity index (χ3n) is 3.87. The molecule has 0 spiro atoms. The van der Waals surface area contributed by atoms with Crippen LogP contribution in [0.3, 0.4) is 0 Å².